The van der Waals surface area contributed by atoms with E-state index in [1.165, 1.54) is 6.42 Å². The monoisotopic (exact) mass is 117 g/mol. The topological polar surface area (TPSA) is 32.6 Å². The van der Waals surface area contributed by atoms with Gasteiger partial charge in [0.2, 0.25) is 0 Å². The van der Waals surface area contributed by atoms with Crippen LogP contribution in [0.5, 0.6) is 0 Å². The van der Waals surface area contributed by atoms with Gasteiger partial charge in [0, 0.05) is 0 Å². The Morgan fingerprint density at radius 3 is 2.86 bits per heavy atom. The van der Waals surface area contributed by atoms with Crippen LogP contribution in [-0.4, -0.2) is 16.0 Å². The molecule has 1 rings (SSSR count). The van der Waals surface area contributed by atoms with Crippen LogP contribution in [0, 0.1) is 0 Å². The predicted octanol–water partition coefficient (Wildman–Crippen LogP) is 1.30. The average Bonchev–Trinajstić information content (AvgIpc) is 2.14. The summed E-state index contributed by atoms with van der Waals surface area (Å²) >= 11 is 1.64. The van der Waals surface area contributed by atoms with Crippen LogP contribution in [0.1, 0.15) is 12.8 Å². The highest BCUT2D eigenvalue weighted by Crippen LogP contribution is 2.19. The van der Waals surface area contributed by atoms with Gasteiger partial charge in [-0.15, -0.1) is 11.8 Å². The van der Waals surface area contributed by atoms with Gasteiger partial charge in [0.25, 0.3) is 0 Å². The first kappa shape index (κ1) is 4.97. The summed E-state index contributed by atoms with van der Waals surface area (Å²) in [4.78, 5) is 0. The third-order valence-electron chi connectivity index (χ3n) is 0.915. The Bertz CT molecular complexity index is 83.7. The summed E-state index contributed by atoms with van der Waals surface area (Å²) in [5.74, 6) is 1.12. The molecule has 0 aromatic heterocycles. The van der Waals surface area contributed by atoms with Gasteiger partial charge >= 0.3 is 0 Å². The van der Waals surface area contributed by atoms with Crippen molar-refractivity contribution in [3.8, 4) is 0 Å². The van der Waals surface area contributed by atoms with Gasteiger partial charge in [0.1, 0.15) is 5.04 Å². The highest BCUT2D eigenvalue weighted by atomic mass is 32.2. The molecule has 0 radical (unpaired) electrons. The summed E-state index contributed by atoms with van der Waals surface area (Å²) in [5.41, 5.74) is 0. The molecule has 1 aliphatic heterocycles. The maximum atomic E-state index is 8.13. The van der Waals surface area contributed by atoms with Crippen LogP contribution in [0.2, 0.25) is 0 Å². The van der Waals surface area contributed by atoms with Crippen molar-refractivity contribution in [3.05, 3.63) is 0 Å². The number of thioether (sulfide) groups is 1. The van der Waals surface area contributed by atoms with Crippen molar-refractivity contribution in [1.29, 1.82) is 0 Å². The molecule has 3 heteroatoms. The largest absolute Gasteiger partial charge is 0.410 e. The van der Waals surface area contributed by atoms with E-state index in [4.69, 9.17) is 5.21 Å². The second kappa shape index (κ2) is 2.21. The lowest BCUT2D eigenvalue weighted by Gasteiger charge is -1.81. The summed E-state index contributed by atoms with van der Waals surface area (Å²) in [6, 6.07) is 0. The second-order valence-electron chi connectivity index (χ2n) is 1.45. The van der Waals surface area contributed by atoms with Gasteiger partial charge in [-0.3, -0.25) is 0 Å². The lowest BCUT2D eigenvalue weighted by atomic mass is 10.4. The number of hydrogen-bond acceptors (Lipinski definition) is 3. The Morgan fingerprint density at radius 1 is 1.71 bits per heavy atom. The fourth-order valence-electron chi connectivity index (χ4n) is 0.564. The fourth-order valence-corrected chi connectivity index (χ4v) is 1.44. The Balaban J connectivity index is 2.41. The quantitative estimate of drug-likeness (QED) is 0.383. The predicted molar refractivity (Wildman–Crippen MR) is 30.9 cm³/mol. The lowest BCUT2D eigenvalue weighted by molar-refractivity contribution is 0.319. The van der Waals surface area contributed by atoms with Crippen LogP contribution < -0.4 is 0 Å². The first-order valence-corrected chi connectivity index (χ1v) is 3.26. The van der Waals surface area contributed by atoms with Gasteiger partial charge in [0.15, 0.2) is 0 Å². The molecule has 0 amide bonds. The van der Waals surface area contributed by atoms with Gasteiger partial charge in [0.05, 0.1) is 0 Å². The third-order valence-corrected chi connectivity index (χ3v) is 2.03. The van der Waals surface area contributed by atoms with Crippen LogP contribution in [0.3, 0.4) is 0 Å². The number of hydrogen-bond donors (Lipinski definition) is 1. The van der Waals surface area contributed by atoms with Crippen LogP contribution in [0.4, 0.5) is 0 Å². The number of nitrogens with zero attached hydrogens (tertiary/aromatic N) is 1. The number of oxime groups is 1. The summed E-state index contributed by atoms with van der Waals surface area (Å²) in [5, 5.41) is 12.1. The van der Waals surface area contributed by atoms with E-state index in [-0.39, 0.29) is 0 Å². The van der Waals surface area contributed by atoms with Crippen molar-refractivity contribution in [3.63, 3.8) is 0 Å². The Morgan fingerprint density at radius 2 is 2.57 bits per heavy atom. The standard InChI is InChI=1S/C4H7NOS/c6-5-4-2-1-3-7-4/h6H,1-3H2. The molecule has 0 aromatic rings. The third kappa shape index (κ3) is 1.09. The maximum absolute atomic E-state index is 8.13. The lowest BCUT2D eigenvalue weighted by Crippen LogP contribution is -1.78. The molecule has 0 bridgehead atoms. The van der Waals surface area contributed by atoms with Crippen LogP contribution >= 0.6 is 11.8 Å². The zero-order chi connectivity index (χ0) is 5.11. The average molecular weight is 117 g/mol. The zero-order valence-electron chi connectivity index (χ0n) is 3.92. The molecule has 0 aromatic carbocycles. The molecule has 0 saturated carbocycles. The Kier molecular flexibility index (Phi) is 1.57. The van der Waals surface area contributed by atoms with E-state index >= 15 is 0 Å². The van der Waals surface area contributed by atoms with Gasteiger partial charge < -0.3 is 5.21 Å². The molecule has 1 fully saturated rings. The highest BCUT2D eigenvalue weighted by Gasteiger charge is 2.07. The summed E-state index contributed by atoms with van der Waals surface area (Å²) < 4.78 is 0. The van der Waals surface area contributed by atoms with Gasteiger partial charge in [-0.05, 0) is 18.6 Å². The fraction of sp³-hybridized carbons (Fsp3) is 0.750. The molecule has 40 valence electrons. The minimum Gasteiger partial charge on any atom is -0.410 e. The molecule has 1 aliphatic rings. The van der Waals surface area contributed by atoms with Gasteiger partial charge in [-0.2, -0.15) is 0 Å². The minimum absolute atomic E-state index is 0.889. The van der Waals surface area contributed by atoms with E-state index in [2.05, 4.69) is 5.16 Å². The van der Waals surface area contributed by atoms with Crippen molar-refractivity contribution in [2.24, 2.45) is 5.16 Å². The van der Waals surface area contributed by atoms with E-state index < -0.39 is 0 Å². The number of rotatable bonds is 0. The van der Waals surface area contributed by atoms with Crippen molar-refractivity contribution in [2.45, 2.75) is 12.8 Å². The molecule has 0 spiro atoms. The van der Waals surface area contributed by atoms with E-state index in [0.717, 1.165) is 17.2 Å². The maximum Gasteiger partial charge on any atom is 0.112 e. The van der Waals surface area contributed by atoms with Crippen LogP contribution in [0.15, 0.2) is 5.16 Å². The molecule has 1 heterocycles. The van der Waals surface area contributed by atoms with Gasteiger partial charge in [-0.1, -0.05) is 5.16 Å². The molecule has 7 heavy (non-hydrogen) atoms. The van der Waals surface area contributed by atoms with Crippen LogP contribution in [0.25, 0.3) is 0 Å². The Hall–Kier alpha value is -0.180. The molecular formula is C4H7NOS. The van der Waals surface area contributed by atoms with E-state index in [9.17, 15) is 0 Å². The molecular weight excluding hydrogens is 110 g/mol. The Labute approximate surface area is 46.6 Å². The van der Waals surface area contributed by atoms with E-state index in [1.54, 1.807) is 11.8 Å². The minimum atomic E-state index is 0.889. The summed E-state index contributed by atoms with van der Waals surface area (Å²) in [6.07, 6.45) is 2.14. The summed E-state index contributed by atoms with van der Waals surface area (Å²) in [7, 11) is 0. The van der Waals surface area contributed by atoms with E-state index in [1.807, 2.05) is 0 Å². The first-order chi connectivity index (χ1) is 3.43. The molecule has 0 atom stereocenters. The molecule has 1 N–H and O–H groups in total. The second-order valence-corrected chi connectivity index (χ2v) is 2.61. The van der Waals surface area contributed by atoms with E-state index in [0.29, 0.717) is 0 Å². The molecule has 2 nitrogen and oxygen atoms in total. The normalized spacial score (nSPS) is 26.6. The SMILES string of the molecule is ON=C1CCCS1. The van der Waals surface area contributed by atoms with Gasteiger partial charge in [-0.25, -0.2) is 0 Å². The van der Waals surface area contributed by atoms with Crippen LogP contribution in [-0.2, 0) is 0 Å². The van der Waals surface area contributed by atoms with Crippen molar-refractivity contribution in [1.82, 2.24) is 0 Å². The van der Waals surface area contributed by atoms with Crippen molar-refractivity contribution >= 4 is 16.8 Å². The highest BCUT2D eigenvalue weighted by molar-refractivity contribution is 8.14. The molecule has 0 aliphatic carbocycles. The smallest absolute Gasteiger partial charge is 0.112 e. The van der Waals surface area contributed by atoms with Crippen molar-refractivity contribution < 1.29 is 5.21 Å². The summed E-state index contributed by atoms with van der Waals surface area (Å²) in [6.45, 7) is 0. The zero-order valence-corrected chi connectivity index (χ0v) is 4.74. The first-order valence-electron chi connectivity index (χ1n) is 2.27. The molecule has 1 saturated heterocycles. The molecule has 0 unspecified atom stereocenters. The van der Waals surface area contributed by atoms with Crippen molar-refractivity contribution in [2.75, 3.05) is 5.75 Å².